The van der Waals surface area contributed by atoms with Gasteiger partial charge in [-0.25, -0.2) is 0 Å². The van der Waals surface area contributed by atoms with E-state index in [1.165, 1.54) is 6.92 Å². The molecule has 0 bridgehead atoms. The summed E-state index contributed by atoms with van der Waals surface area (Å²) in [5.74, 6) is 0.671. The highest BCUT2D eigenvalue weighted by molar-refractivity contribution is 5.66. The molecule has 0 saturated heterocycles. The number of ether oxygens (including phenoxy) is 2. The topological polar surface area (TPSA) is 35.5 Å². The van der Waals surface area contributed by atoms with Crippen LogP contribution in [0.3, 0.4) is 0 Å². The third-order valence-electron chi connectivity index (χ3n) is 2.59. The molecule has 0 atom stereocenters. The van der Waals surface area contributed by atoms with Gasteiger partial charge < -0.3 is 9.47 Å². The molecule has 0 amide bonds. The Morgan fingerprint density at radius 1 is 1.47 bits per heavy atom. The minimum Gasteiger partial charge on any atom is -0.493 e. The van der Waals surface area contributed by atoms with Crippen molar-refractivity contribution in [2.24, 2.45) is 0 Å². The molecular weight excluding hydrogens is 216 g/mol. The summed E-state index contributed by atoms with van der Waals surface area (Å²) < 4.78 is 10.6. The molecule has 3 heteroatoms. The summed E-state index contributed by atoms with van der Waals surface area (Å²) in [6.07, 6.45) is 4.24. The van der Waals surface area contributed by atoms with Gasteiger partial charge in [0.05, 0.1) is 6.61 Å². The van der Waals surface area contributed by atoms with E-state index < -0.39 is 0 Å². The van der Waals surface area contributed by atoms with E-state index >= 15 is 0 Å². The van der Waals surface area contributed by atoms with Crippen molar-refractivity contribution in [3.05, 3.63) is 41.5 Å². The first kappa shape index (κ1) is 11.7. The second kappa shape index (κ2) is 5.53. The standard InChI is InChI=1S/C14H16O3/c1-11(15)17-10-12-5-4-6-13(9-12)14-7-2-3-8-16-14/h4-7,9H,2-3,8,10H2,1H3. The van der Waals surface area contributed by atoms with Crippen LogP contribution in [-0.4, -0.2) is 12.6 Å². The summed E-state index contributed by atoms with van der Waals surface area (Å²) in [6.45, 7) is 2.51. The lowest BCUT2D eigenvalue weighted by Crippen LogP contribution is -2.02. The Bertz CT molecular complexity index is 435. The van der Waals surface area contributed by atoms with E-state index in [1.54, 1.807) is 0 Å². The highest BCUT2D eigenvalue weighted by atomic mass is 16.5. The predicted octanol–water partition coefficient (Wildman–Crippen LogP) is 2.90. The molecule has 0 N–H and O–H groups in total. The zero-order valence-corrected chi connectivity index (χ0v) is 9.94. The Morgan fingerprint density at radius 3 is 3.06 bits per heavy atom. The lowest BCUT2D eigenvalue weighted by Gasteiger charge is -2.15. The van der Waals surface area contributed by atoms with Crippen LogP contribution in [0.15, 0.2) is 30.3 Å². The minimum absolute atomic E-state index is 0.261. The normalized spacial score (nSPS) is 14.8. The fourth-order valence-corrected chi connectivity index (χ4v) is 1.76. The van der Waals surface area contributed by atoms with Gasteiger partial charge in [0.25, 0.3) is 0 Å². The van der Waals surface area contributed by atoms with Crippen molar-refractivity contribution in [3.8, 4) is 0 Å². The number of benzene rings is 1. The molecule has 0 aromatic heterocycles. The van der Waals surface area contributed by atoms with Crippen molar-refractivity contribution in [3.63, 3.8) is 0 Å². The lowest BCUT2D eigenvalue weighted by molar-refractivity contribution is -0.142. The van der Waals surface area contributed by atoms with Gasteiger partial charge in [-0.3, -0.25) is 4.79 Å². The van der Waals surface area contributed by atoms with Gasteiger partial charge in [-0.2, -0.15) is 0 Å². The Labute approximate surface area is 101 Å². The van der Waals surface area contributed by atoms with Gasteiger partial charge in [0, 0.05) is 12.5 Å². The highest BCUT2D eigenvalue weighted by Crippen LogP contribution is 2.22. The Balaban J connectivity index is 2.10. The molecule has 2 rings (SSSR count). The maximum Gasteiger partial charge on any atom is 0.302 e. The number of carbonyl (C=O) groups is 1. The lowest BCUT2D eigenvalue weighted by atomic mass is 10.1. The van der Waals surface area contributed by atoms with E-state index in [1.807, 2.05) is 24.3 Å². The van der Waals surface area contributed by atoms with Crippen LogP contribution in [-0.2, 0) is 20.9 Å². The van der Waals surface area contributed by atoms with Crippen LogP contribution in [0.2, 0.25) is 0 Å². The SMILES string of the molecule is CC(=O)OCc1cccc(C2=CCCCO2)c1. The van der Waals surface area contributed by atoms with Crippen molar-refractivity contribution in [2.75, 3.05) is 6.61 Å². The molecular formula is C14H16O3. The Kier molecular flexibility index (Phi) is 3.81. The average molecular weight is 232 g/mol. The van der Waals surface area contributed by atoms with Crippen molar-refractivity contribution >= 4 is 11.7 Å². The molecule has 0 aliphatic carbocycles. The zero-order chi connectivity index (χ0) is 12.1. The van der Waals surface area contributed by atoms with Gasteiger partial charge in [0.15, 0.2) is 0 Å². The smallest absolute Gasteiger partial charge is 0.302 e. The summed E-state index contributed by atoms with van der Waals surface area (Å²) >= 11 is 0. The molecule has 1 aliphatic rings. The van der Waals surface area contributed by atoms with Crippen LogP contribution in [0.4, 0.5) is 0 Å². The van der Waals surface area contributed by atoms with Gasteiger partial charge in [-0.15, -0.1) is 0 Å². The number of esters is 1. The van der Waals surface area contributed by atoms with Crippen LogP contribution >= 0.6 is 0 Å². The molecule has 1 heterocycles. The van der Waals surface area contributed by atoms with Gasteiger partial charge in [-0.1, -0.05) is 18.2 Å². The molecule has 1 aromatic rings. The summed E-state index contributed by atoms with van der Waals surface area (Å²) in [6, 6.07) is 7.90. The largest absolute Gasteiger partial charge is 0.493 e. The van der Waals surface area contributed by atoms with E-state index in [2.05, 4.69) is 6.08 Å². The summed E-state index contributed by atoms with van der Waals surface area (Å²) in [4.78, 5) is 10.7. The Hall–Kier alpha value is -1.77. The third kappa shape index (κ3) is 3.34. The van der Waals surface area contributed by atoms with E-state index in [9.17, 15) is 4.79 Å². The summed E-state index contributed by atoms with van der Waals surface area (Å²) in [5, 5.41) is 0. The van der Waals surface area contributed by atoms with Crippen molar-refractivity contribution in [1.29, 1.82) is 0 Å². The van der Waals surface area contributed by atoms with Crippen LogP contribution in [0.25, 0.3) is 5.76 Å². The van der Waals surface area contributed by atoms with Crippen LogP contribution < -0.4 is 0 Å². The molecule has 1 aromatic carbocycles. The van der Waals surface area contributed by atoms with Crippen LogP contribution in [0.5, 0.6) is 0 Å². The van der Waals surface area contributed by atoms with E-state index in [-0.39, 0.29) is 5.97 Å². The first-order chi connectivity index (χ1) is 8.25. The van der Waals surface area contributed by atoms with Gasteiger partial charge in [0.1, 0.15) is 12.4 Å². The van der Waals surface area contributed by atoms with Crippen molar-refractivity contribution in [1.82, 2.24) is 0 Å². The number of hydrogen-bond acceptors (Lipinski definition) is 3. The number of carbonyl (C=O) groups excluding carboxylic acids is 1. The quantitative estimate of drug-likeness (QED) is 0.752. The molecule has 3 nitrogen and oxygen atoms in total. The maximum atomic E-state index is 10.7. The van der Waals surface area contributed by atoms with E-state index in [0.717, 1.165) is 36.3 Å². The van der Waals surface area contributed by atoms with Crippen molar-refractivity contribution < 1.29 is 14.3 Å². The monoisotopic (exact) mass is 232 g/mol. The van der Waals surface area contributed by atoms with Crippen LogP contribution in [0.1, 0.15) is 30.9 Å². The van der Waals surface area contributed by atoms with E-state index in [0.29, 0.717) is 6.61 Å². The second-order valence-electron chi connectivity index (χ2n) is 4.04. The first-order valence-electron chi connectivity index (χ1n) is 5.81. The zero-order valence-electron chi connectivity index (χ0n) is 9.94. The molecule has 0 fully saturated rings. The minimum atomic E-state index is -0.261. The fraction of sp³-hybridized carbons (Fsp3) is 0.357. The molecule has 0 radical (unpaired) electrons. The second-order valence-corrected chi connectivity index (χ2v) is 4.04. The van der Waals surface area contributed by atoms with Crippen LogP contribution in [0, 0.1) is 0 Å². The molecule has 0 spiro atoms. The number of rotatable bonds is 3. The van der Waals surface area contributed by atoms with Gasteiger partial charge >= 0.3 is 5.97 Å². The molecule has 0 saturated carbocycles. The maximum absolute atomic E-state index is 10.7. The predicted molar refractivity (Wildman–Crippen MR) is 65.1 cm³/mol. The average Bonchev–Trinajstić information content (AvgIpc) is 2.38. The molecule has 0 unspecified atom stereocenters. The Morgan fingerprint density at radius 2 is 2.35 bits per heavy atom. The molecule has 1 aliphatic heterocycles. The number of allylic oxidation sites excluding steroid dienone is 1. The highest BCUT2D eigenvalue weighted by Gasteiger charge is 2.07. The van der Waals surface area contributed by atoms with Gasteiger partial charge in [-0.05, 0) is 30.5 Å². The fourth-order valence-electron chi connectivity index (χ4n) is 1.76. The summed E-state index contributed by atoms with van der Waals surface area (Å²) in [7, 11) is 0. The third-order valence-corrected chi connectivity index (χ3v) is 2.59. The first-order valence-corrected chi connectivity index (χ1v) is 5.81. The summed E-state index contributed by atoms with van der Waals surface area (Å²) in [5.41, 5.74) is 2.03. The number of hydrogen-bond donors (Lipinski definition) is 0. The van der Waals surface area contributed by atoms with Gasteiger partial charge in [0.2, 0.25) is 0 Å². The van der Waals surface area contributed by atoms with E-state index in [4.69, 9.17) is 9.47 Å². The van der Waals surface area contributed by atoms with Crippen molar-refractivity contribution in [2.45, 2.75) is 26.4 Å². The molecule has 90 valence electrons. The molecule has 17 heavy (non-hydrogen) atoms.